The number of carbonyl (C=O) groups is 3. The van der Waals surface area contributed by atoms with E-state index in [4.69, 9.17) is 30.5 Å². The van der Waals surface area contributed by atoms with Gasteiger partial charge >= 0.3 is 5.97 Å². The molecule has 0 radical (unpaired) electrons. The molecule has 0 saturated carbocycles. The number of H-pyrrole nitrogens is 1. The third-order valence-electron chi connectivity index (χ3n) is 7.70. The quantitative estimate of drug-likeness (QED) is 0.0985. The highest BCUT2D eigenvalue weighted by Gasteiger charge is 2.34. The van der Waals surface area contributed by atoms with E-state index in [1.165, 1.54) is 12.5 Å². The van der Waals surface area contributed by atoms with Gasteiger partial charge in [-0.3, -0.25) is 9.59 Å². The number of para-hydroxylation sites is 1. The molecule has 2 N–H and O–H groups in total. The molecule has 0 bridgehead atoms. The Kier molecular flexibility index (Phi) is 12.3. The van der Waals surface area contributed by atoms with Gasteiger partial charge in [-0.15, -0.1) is 16.7 Å². The summed E-state index contributed by atoms with van der Waals surface area (Å²) < 4.78 is 23.5. The summed E-state index contributed by atoms with van der Waals surface area (Å²) in [4.78, 5) is 41.7. The molecule has 2 aromatic heterocycles. The summed E-state index contributed by atoms with van der Waals surface area (Å²) in [6.45, 7) is 5.56. The van der Waals surface area contributed by atoms with Gasteiger partial charge in [0.05, 0.1) is 64.0 Å². The van der Waals surface area contributed by atoms with Crippen LogP contribution in [-0.4, -0.2) is 101 Å². The number of amides is 2. The number of carbonyl (C=O) groups excluding carboxylic acids is 3. The van der Waals surface area contributed by atoms with Crippen LogP contribution >= 0.6 is 11.6 Å². The predicted molar refractivity (Wildman–Crippen MR) is 173 cm³/mol. The van der Waals surface area contributed by atoms with E-state index in [2.05, 4.69) is 26.7 Å². The topological polar surface area (TPSA) is 150 Å². The van der Waals surface area contributed by atoms with E-state index >= 15 is 0 Å². The molecule has 1 aliphatic heterocycles. The molecule has 47 heavy (non-hydrogen) atoms. The predicted octanol–water partition coefficient (Wildman–Crippen LogP) is 3.02. The first-order valence-corrected chi connectivity index (χ1v) is 16.1. The van der Waals surface area contributed by atoms with Crippen molar-refractivity contribution in [3.05, 3.63) is 82.8 Å². The van der Waals surface area contributed by atoms with E-state index in [9.17, 15) is 14.4 Å². The molecule has 4 aromatic rings. The van der Waals surface area contributed by atoms with Crippen LogP contribution in [0.2, 0.25) is 0 Å². The number of ether oxygens (including phenoxy) is 4. The summed E-state index contributed by atoms with van der Waals surface area (Å²) in [7, 11) is 0. The molecule has 2 amide bonds. The first kappa shape index (κ1) is 34.0. The molecule has 2 aromatic carbocycles. The molecule has 0 spiro atoms. The maximum absolute atomic E-state index is 12.8. The van der Waals surface area contributed by atoms with E-state index in [0.717, 1.165) is 28.6 Å². The number of nitrogens with one attached hydrogen (secondary N) is 2. The molecule has 1 aliphatic rings. The third-order valence-corrected chi connectivity index (χ3v) is 7.93. The van der Waals surface area contributed by atoms with Crippen LogP contribution in [0.3, 0.4) is 0 Å². The Hall–Kier alpha value is -4.30. The van der Waals surface area contributed by atoms with Crippen molar-refractivity contribution in [1.29, 1.82) is 0 Å². The second-order valence-electron chi connectivity index (χ2n) is 10.9. The van der Waals surface area contributed by atoms with E-state index in [0.29, 0.717) is 70.5 Å². The molecule has 5 rings (SSSR count). The smallest absolute Gasteiger partial charge is 0.338 e. The lowest BCUT2D eigenvalue weighted by atomic mass is 9.92. The zero-order valence-corrected chi connectivity index (χ0v) is 27.0. The Bertz CT molecular complexity index is 1640. The number of aromatic nitrogens is 4. The molecule has 0 aliphatic carbocycles. The van der Waals surface area contributed by atoms with Gasteiger partial charge in [-0.2, -0.15) is 0 Å². The van der Waals surface area contributed by atoms with Crippen LogP contribution in [0.1, 0.15) is 45.8 Å². The highest BCUT2D eigenvalue weighted by Crippen LogP contribution is 2.38. The lowest BCUT2D eigenvalue weighted by molar-refractivity contribution is -0.130. The van der Waals surface area contributed by atoms with Crippen molar-refractivity contribution in [2.45, 2.75) is 32.5 Å². The van der Waals surface area contributed by atoms with Crippen LogP contribution in [0.15, 0.2) is 54.7 Å². The fraction of sp³-hybridized carbons (Fsp3) is 0.424. The van der Waals surface area contributed by atoms with Gasteiger partial charge in [-0.1, -0.05) is 35.5 Å². The molecule has 13 nitrogen and oxygen atoms in total. The highest BCUT2D eigenvalue weighted by atomic mass is 35.5. The lowest BCUT2D eigenvalue weighted by Gasteiger charge is -2.36. The number of esters is 1. The number of aromatic amines is 1. The van der Waals surface area contributed by atoms with Crippen LogP contribution < -0.4 is 5.32 Å². The van der Waals surface area contributed by atoms with Crippen molar-refractivity contribution in [1.82, 2.24) is 30.2 Å². The number of rotatable bonds is 17. The van der Waals surface area contributed by atoms with Gasteiger partial charge < -0.3 is 34.1 Å². The first-order valence-electron chi connectivity index (χ1n) is 15.5. The largest absolute Gasteiger partial charge is 0.455 e. The Morgan fingerprint density at radius 1 is 0.979 bits per heavy atom. The normalized spacial score (nSPS) is 14.3. The van der Waals surface area contributed by atoms with Crippen LogP contribution in [-0.2, 0) is 48.1 Å². The monoisotopic (exact) mass is 666 g/mol. The van der Waals surface area contributed by atoms with E-state index in [1.54, 1.807) is 27.9 Å². The van der Waals surface area contributed by atoms with Crippen molar-refractivity contribution in [2.24, 2.45) is 0 Å². The van der Waals surface area contributed by atoms with Gasteiger partial charge in [0.25, 0.3) is 0 Å². The minimum absolute atomic E-state index is 0.0266. The van der Waals surface area contributed by atoms with Gasteiger partial charge in [0.15, 0.2) is 0 Å². The summed E-state index contributed by atoms with van der Waals surface area (Å²) >= 11 is 5.98. The number of fused-ring (bicyclic) bond motifs is 3. The third kappa shape index (κ3) is 9.16. The maximum atomic E-state index is 12.8. The first-order chi connectivity index (χ1) is 22.9. The van der Waals surface area contributed by atoms with E-state index in [1.807, 2.05) is 30.3 Å². The maximum Gasteiger partial charge on any atom is 0.338 e. The van der Waals surface area contributed by atoms with Gasteiger partial charge in [-0.25, -0.2) is 9.48 Å². The average molecular weight is 667 g/mol. The lowest BCUT2D eigenvalue weighted by Crippen LogP contribution is -2.41. The fourth-order valence-electron chi connectivity index (χ4n) is 5.47. The SMILES string of the molecule is CC(=O)NCCOCCOCCOCCn1cc(COC(=O)c2ccc([C@H]3c4[nH]c5ccccc5c4CCN3C(=O)CCl)cc2)nn1. The van der Waals surface area contributed by atoms with Crippen molar-refractivity contribution in [3.63, 3.8) is 0 Å². The number of hydrogen-bond acceptors (Lipinski definition) is 9. The molecule has 0 fully saturated rings. The van der Waals surface area contributed by atoms with Gasteiger partial charge in [-0.05, 0) is 35.7 Å². The van der Waals surface area contributed by atoms with Crippen LogP contribution in [0.5, 0.6) is 0 Å². The Morgan fingerprint density at radius 2 is 1.70 bits per heavy atom. The van der Waals surface area contributed by atoms with Crippen LogP contribution in [0.25, 0.3) is 10.9 Å². The minimum Gasteiger partial charge on any atom is -0.455 e. The molecule has 0 unspecified atom stereocenters. The van der Waals surface area contributed by atoms with Gasteiger partial charge in [0.2, 0.25) is 11.8 Å². The summed E-state index contributed by atoms with van der Waals surface area (Å²) in [5.41, 5.74) is 4.94. The summed E-state index contributed by atoms with van der Waals surface area (Å²) in [5, 5.41) is 11.9. The zero-order chi connectivity index (χ0) is 33.0. The standard InChI is InChI=1S/C33H39ClN6O7/c1-23(41)35-11-14-44-16-18-46-19-17-45-15-13-39-21-26(37-38-39)22-47-33(43)25-8-6-24(7-9-25)32-31-28(10-12-40(32)30(42)20-34)27-4-2-3-5-29(27)36-31/h2-9,21,32,36H,10-20,22H2,1H3,(H,35,41)/t32-/m0/s1. The van der Waals surface area contributed by atoms with Gasteiger partial charge in [0, 0.05) is 36.6 Å². The molecule has 1 atom stereocenters. The molecular weight excluding hydrogens is 628 g/mol. The van der Waals surface area contributed by atoms with Crippen molar-refractivity contribution >= 4 is 40.3 Å². The molecule has 14 heteroatoms. The van der Waals surface area contributed by atoms with Crippen LogP contribution in [0.4, 0.5) is 0 Å². The average Bonchev–Trinajstić information content (AvgIpc) is 3.71. The summed E-state index contributed by atoms with van der Waals surface area (Å²) in [5.74, 6) is -0.824. The zero-order valence-electron chi connectivity index (χ0n) is 26.3. The van der Waals surface area contributed by atoms with Crippen molar-refractivity contribution < 1.29 is 33.3 Å². The number of benzene rings is 2. The summed E-state index contributed by atoms with van der Waals surface area (Å²) in [6, 6.07) is 14.9. The Balaban J connectivity index is 1.05. The number of alkyl halides is 1. The highest BCUT2D eigenvalue weighted by molar-refractivity contribution is 6.27. The number of nitrogens with zero attached hydrogens (tertiary/aromatic N) is 4. The number of halogens is 1. The second kappa shape index (κ2) is 17.0. The molecule has 250 valence electrons. The second-order valence-corrected chi connectivity index (χ2v) is 11.2. The van der Waals surface area contributed by atoms with Crippen molar-refractivity contribution in [2.75, 3.05) is 58.6 Å². The molecule has 3 heterocycles. The summed E-state index contributed by atoms with van der Waals surface area (Å²) in [6.07, 6.45) is 2.44. The molecule has 0 saturated heterocycles. The van der Waals surface area contributed by atoms with Crippen LogP contribution in [0, 0.1) is 0 Å². The fourth-order valence-corrected chi connectivity index (χ4v) is 5.62. The Labute approximate surface area is 277 Å². The molecular formula is C33H39ClN6O7. The minimum atomic E-state index is -0.490. The van der Waals surface area contributed by atoms with E-state index < -0.39 is 5.97 Å². The van der Waals surface area contributed by atoms with E-state index in [-0.39, 0.29) is 30.3 Å². The van der Waals surface area contributed by atoms with Gasteiger partial charge in [0.1, 0.15) is 18.2 Å². The Morgan fingerprint density at radius 3 is 2.45 bits per heavy atom. The van der Waals surface area contributed by atoms with Crippen molar-refractivity contribution in [3.8, 4) is 0 Å². The number of hydrogen-bond donors (Lipinski definition) is 2.